The Labute approximate surface area is 118 Å². The van der Waals surface area contributed by atoms with Crippen LogP contribution in [0.5, 0.6) is 0 Å². The van der Waals surface area contributed by atoms with Crippen molar-refractivity contribution in [3.63, 3.8) is 0 Å². The summed E-state index contributed by atoms with van der Waals surface area (Å²) in [6, 6.07) is 0. The highest BCUT2D eigenvalue weighted by molar-refractivity contribution is 6.03. The number of pyridine rings is 1. The summed E-state index contributed by atoms with van der Waals surface area (Å²) in [7, 11) is 3.70. The molecule has 0 amide bonds. The summed E-state index contributed by atoms with van der Waals surface area (Å²) in [5, 5.41) is 14.3. The van der Waals surface area contributed by atoms with Crippen LogP contribution in [0.2, 0.25) is 0 Å². The van der Waals surface area contributed by atoms with E-state index in [1.165, 1.54) is 6.20 Å². The quantitative estimate of drug-likeness (QED) is 0.930. The number of hydrogen-bond acceptors (Lipinski definition) is 4. The van der Waals surface area contributed by atoms with Gasteiger partial charge < -0.3 is 10.0 Å². The van der Waals surface area contributed by atoms with Gasteiger partial charge in [0.1, 0.15) is 5.56 Å². The molecule has 0 atom stereocenters. The molecule has 2 aromatic heterocycles. The van der Waals surface area contributed by atoms with Crippen LogP contribution in [-0.2, 0) is 7.05 Å². The molecule has 0 fully saturated rings. The zero-order chi connectivity index (χ0) is 15.1. The van der Waals surface area contributed by atoms with Crippen LogP contribution in [0.15, 0.2) is 12.4 Å². The van der Waals surface area contributed by atoms with Crippen molar-refractivity contribution in [1.29, 1.82) is 0 Å². The highest BCUT2D eigenvalue weighted by Gasteiger charge is 2.22. The fraction of sp³-hybridized carbons (Fsp3) is 0.500. The Kier molecular flexibility index (Phi) is 3.41. The molecule has 0 unspecified atom stereocenters. The highest BCUT2D eigenvalue weighted by atomic mass is 16.4. The standard InChI is InChI=1S/C14H20N4O2/c1-14(2,3)8-17(4)11-9-7-16-18(5)12(9)15-6-10(11)13(19)20/h6-7H,8H2,1-5H3,(H,19,20). The minimum absolute atomic E-state index is 0.0579. The Morgan fingerprint density at radius 1 is 1.40 bits per heavy atom. The normalized spacial score (nSPS) is 11.8. The molecule has 0 saturated heterocycles. The zero-order valence-electron chi connectivity index (χ0n) is 12.5. The van der Waals surface area contributed by atoms with Crippen LogP contribution < -0.4 is 4.90 Å². The van der Waals surface area contributed by atoms with Crippen LogP contribution in [0, 0.1) is 5.41 Å². The number of hydrogen-bond donors (Lipinski definition) is 1. The number of aromatic carboxylic acids is 1. The van der Waals surface area contributed by atoms with Gasteiger partial charge in [-0.3, -0.25) is 4.68 Å². The van der Waals surface area contributed by atoms with Gasteiger partial charge in [-0.15, -0.1) is 0 Å². The van der Waals surface area contributed by atoms with E-state index < -0.39 is 5.97 Å². The molecule has 0 bridgehead atoms. The van der Waals surface area contributed by atoms with Crippen molar-refractivity contribution in [1.82, 2.24) is 14.8 Å². The number of carbonyl (C=O) groups is 1. The predicted molar refractivity (Wildman–Crippen MR) is 78.2 cm³/mol. The van der Waals surface area contributed by atoms with Gasteiger partial charge >= 0.3 is 5.97 Å². The summed E-state index contributed by atoms with van der Waals surface area (Å²) in [5.41, 5.74) is 1.62. The summed E-state index contributed by atoms with van der Waals surface area (Å²) in [6.07, 6.45) is 3.07. The maximum absolute atomic E-state index is 11.4. The van der Waals surface area contributed by atoms with Gasteiger partial charge in [-0.2, -0.15) is 5.10 Å². The predicted octanol–water partition coefficient (Wildman–Crippen LogP) is 2.15. The van der Waals surface area contributed by atoms with Crippen molar-refractivity contribution in [3.05, 3.63) is 18.0 Å². The first-order valence-electron chi connectivity index (χ1n) is 6.46. The Bertz CT molecular complexity index is 655. The number of nitrogens with zero attached hydrogens (tertiary/aromatic N) is 4. The molecule has 0 aliphatic carbocycles. The first-order chi connectivity index (χ1) is 9.20. The average molecular weight is 276 g/mol. The SMILES string of the molecule is CN(CC(C)(C)C)c1c(C(=O)O)cnc2c1cnn2C. The van der Waals surface area contributed by atoms with E-state index in [4.69, 9.17) is 0 Å². The number of aryl methyl sites for hydroxylation is 1. The third-order valence-corrected chi connectivity index (χ3v) is 3.06. The Hall–Kier alpha value is -2.11. The molecule has 0 spiro atoms. The van der Waals surface area contributed by atoms with Crippen molar-refractivity contribution in [2.45, 2.75) is 20.8 Å². The molecule has 0 aliphatic heterocycles. The second-order valence-electron chi connectivity index (χ2n) is 6.25. The Balaban J connectivity index is 2.63. The summed E-state index contributed by atoms with van der Waals surface area (Å²) in [4.78, 5) is 17.6. The van der Waals surface area contributed by atoms with E-state index in [9.17, 15) is 9.90 Å². The van der Waals surface area contributed by atoms with Gasteiger partial charge in [0.05, 0.1) is 17.3 Å². The van der Waals surface area contributed by atoms with E-state index in [0.29, 0.717) is 11.3 Å². The summed E-state index contributed by atoms with van der Waals surface area (Å²) in [6.45, 7) is 7.09. The van der Waals surface area contributed by atoms with Gasteiger partial charge in [0.15, 0.2) is 5.65 Å². The van der Waals surface area contributed by atoms with Crippen LogP contribution in [-0.4, -0.2) is 39.4 Å². The van der Waals surface area contributed by atoms with E-state index in [1.807, 2.05) is 11.9 Å². The summed E-state index contributed by atoms with van der Waals surface area (Å²) >= 11 is 0. The van der Waals surface area contributed by atoms with Crippen molar-refractivity contribution < 1.29 is 9.90 Å². The van der Waals surface area contributed by atoms with E-state index in [1.54, 1.807) is 17.9 Å². The average Bonchev–Trinajstić information content (AvgIpc) is 2.67. The molecule has 0 saturated carbocycles. The number of rotatable bonds is 3. The van der Waals surface area contributed by atoms with Crippen LogP contribution in [0.3, 0.4) is 0 Å². The molecule has 20 heavy (non-hydrogen) atoms. The van der Waals surface area contributed by atoms with Crippen LogP contribution >= 0.6 is 0 Å². The molecule has 2 heterocycles. The lowest BCUT2D eigenvalue weighted by molar-refractivity contribution is 0.0697. The minimum atomic E-state index is -0.973. The lowest BCUT2D eigenvalue weighted by atomic mass is 9.95. The fourth-order valence-electron chi connectivity index (χ4n) is 2.44. The Morgan fingerprint density at radius 3 is 2.60 bits per heavy atom. The molecular weight excluding hydrogens is 256 g/mol. The van der Waals surface area contributed by atoms with Gasteiger partial charge in [-0.25, -0.2) is 9.78 Å². The molecule has 6 heteroatoms. The first kappa shape index (κ1) is 14.3. The van der Waals surface area contributed by atoms with E-state index in [2.05, 4.69) is 30.9 Å². The van der Waals surface area contributed by atoms with Crippen molar-refractivity contribution >= 4 is 22.7 Å². The number of carboxylic acid groups (broad SMARTS) is 1. The van der Waals surface area contributed by atoms with Gasteiger partial charge in [-0.1, -0.05) is 20.8 Å². The topological polar surface area (TPSA) is 71.2 Å². The third-order valence-electron chi connectivity index (χ3n) is 3.06. The number of aromatic nitrogens is 3. The second kappa shape index (κ2) is 4.77. The lowest BCUT2D eigenvalue weighted by Gasteiger charge is -2.29. The lowest BCUT2D eigenvalue weighted by Crippen LogP contribution is -2.30. The summed E-state index contributed by atoms with van der Waals surface area (Å²) in [5.74, 6) is -0.973. The Morgan fingerprint density at radius 2 is 2.05 bits per heavy atom. The first-order valence-corrected chi connectivity index (χ1v) is 6.46. The molecule has 0 radical (unpaired) electrons. The molecule has 108 valence electrons. The molecule has 0 aromatic carbocycles. The van der Waals surface area contributed by atoms with Gasteiger partial charge in [0, 0.05) is 26.8 Å². The maximum atomic E-state index is 11.4. The fourth-order valence-corrected chi connectivity index (χ4v) is 2.44. The molecule has 0 aliphatic rings. The molecule has 6 nitrogen and oxygen atoms in total. The largest absolute Gasteiger partial charge is 0.478 e. The number of fused-ring (bicyclic) bond motifs is 1. The number of carboxylic acids is 1. The van der Waals surface area contributed by atoms with E-state index >= 15 is 0 Å². The molecule has 1 N–H and O–H groups in total. The smallest absolute Gasteiger partial charge is 0.339 e. The van der Waals surface area contributed by atoms with Crippen molar-refractivity contribution in [3.8, 4) is 0 Å². The van der Waals surface area contributed by atoms with Crippen LogP contribution in [0.1, 0.15) is 31.1 Å². The maximum Gasteiger partial charge on any atom is 0.339 e. The van der Waals surface area contributed by atoms with Crippen LogP contribution in [0.25, 0.3) is 11.0 Å². The van der Waals surface area contributed by atoms with Crippen LogP contribution in [0.4, 0.5) is 5.69 Å². The van der Waals surface area contributed by atoms with Crippen molar-refractivity contribution in [2.24, 2.45) is 12.5 Å². The molecule has 2 rings (SSSR count). The minimum Gasteiger partial charge on any atom is -0.478 e. The van der Waals surface area contributed by atoms with Gasteiger partial charge in [-0.05, 0) is 5.41 Å². The molecule has 2 aromatic rings. The summed E-state index contributed by atoms with van der Waals surface area (Å²) < 4.78 is 1.65. The molecular formula is C14H20N4O2. The highest BCUT2D eigenvalue weighted by Crippen LogP contribution is 2.30. The van der Waals surface area contributed by atoms with Gasteiger partial charge in [0.2, 0.25) is 0 Å². The monoisotopic (exact) mass is 276 g/mol. The van der Waals surface area contributed by atoms with Crippen molar-refractivity contribution in [2.75, 3.05) is 18.5 Å². The third kappa shape index (κ3) is 2.59. The van der Waals surface area contributed by atoms with E-state index in [0.717, 1.165) is 11.9 Å². The second-order valence-corrected chi connectivity index (χ2v) is 6.25. The zero-order valence-corrected chi connectivity index (χ0v) is 12.5. The van der Waals surface area contributed by atoms with Gasteiger partial charge in [0.25, 0.3) is 0 Å². The number of anilines is 1. The van der Waals surface area contributed by atoms with E-state index in [-0.39, 0.29) is 11.0 Å².